The smallest absolute Gasteiger partial charge is 0.228 e. The van der Waals surface area contributed by atoms with Crippen LogP contribution in [-0.4, -0.2) is 62.1 Å². The van der Waals surface area contributed by atoms with E-state index in [-0.39, 0.29) is 17.7 Å². The van der Waals surface area contributed by atoms with Crippen LogP contribution in [0.25, 0.3) is 11.6 Å². The molecule has 0 radical (unpaired) electrons. The van der Waals surface area contributed by atoms with Crippen LogP contribution in [0.2, 0.25) is 0 Å². The minimum Gasteiger partial charge on any atom is -0.461 e. The normalized spacial score (nSPS) is 15.6. The summed E-state index contributed by atoms with van der Waals surface area (Å²) in [5.41, 5.74) is 4.93. The summed E-state index contributed by atoms with van der Waals surface area (Å²) in [5.74, 6) is 0.928. The first kappa shape index (κ1) is 21.3. The highest BCUT2D eigenvalue weighted by Crippen LogP contribution is 2.21. The molecule has 2 aromatic rings. The summed E-state index contributed by atoms with van der Waals surface area (Å²) < 4.78 is 9.49. The topological polar surface area (TPSA) is 103 Å². The predicted molar refractivity (Wildman–Crippen MR) is 110 cm³/mol. The third-order valence-corrected chi connectivity index (χ3v) is 5.31. The lowest BCUT2D eigenvalue weighted by Gasteiger charge is -2.37. The van der Waals surface area contributed by atoms with Gasteiger partial charge in [0, 0.05) is 44.6 Å². The summed E-state index contributed by atoms with van der Waals surface area (Å²) in [6, 6.07) is 3.58. The zero-order valence-electron chi connectivity index (χ0n) is 17.1. The molecule has 0 atom stereocenters. The van der Waals surface area contributed by atoms with E-state index >= 15 is 0 Å². The van der Waals surface area contributed by atoms with Crippen LogP contribution in [0.5, 0.6) is 0 Å². The maximum Gasteiger partial charge on any atom is 0.228 e. The molecule has 0 unspecified atom stereocenters. The highest BCUT2D eigenvalue weighted by molar-refractivity contribution is 7.71. The van der Waals surface area contributed by atoms with Gasteiger partial charge in [-0.1, -0.05) is 20.8 Å². The molecule has 1 aliphatic heterocycles. The fourth-order valence-electron chi connectivity index (χ4n) is 3.30. The summed E-state index contributed by atoms with van der Waals surface area (Å²) in [4.78, 5) is 27.8. The largest absolute Gasteiger partial charge is 0.461 e. The molecule has 3 rings (SSSR count). The average Bonchev–Trinajstić information content (AvgIpc) is 3.28. The second kappa shape index (κ2) is 8.50. The van der Waals surface area contributed by atoms with Crippen LogP contribution in [-0.2, 0) is 22.8 Å². The molecular weight excluding hydrogens is 392 g/mol. The number of nitrogens with two attached hydrogens (primary N) is 1. The summed E-state index contributed by atoms with van der Waals surface area (Å²) in [6.07, 6.45) is 1.74. The molecule has 2 aromatic heterocycles. The van der Waals surface area contributed by atoms with Gasteiger partial charge in [-0.3, -0.25) is 19.1 Å². The number of nitrogens with zero attached hydrogens (tertiary/aromatic N) is 5. The zero-order valence-corrected chi connectivity index (χ0v) is 17.9. The van der Waals surface area contributed by atoms with Crippen LogP contribution in [0.1, 0.15) is 27.2 Å². The molecule has 158 valence electrons. The van der Waals surface area contributed by atoms with Crippen molar-refractivity contribution in [1.29, 1.82) is 0 Å². The molecule has 0 spiro atoms. The number of primary amides is 1. The maximum absolute atomic E-state index is 12.5. The highest BCUT2D eigenvalue weighted by Gasteiger charge is 2.30. The van der Waals surface area contributed by atoms with Crippen molar-refractivity contribution in [3.63, 3.8) is 0 Å². The Morgan fingerprint density at radius 2 is 1.93 bits per heavy atom. The number of amides is 2. The molecule has 0 aromatic carbocycles. The van der Waals surface area contributed by atoms with Gasteiger partial charge in [0.1, 0.15) is 0 Å². The molecule has 9 nitrogen and oxygen atoms in total. The first-order valence-electron chi connectivity index (χ1n) is 9.68. The van der Waals surface area contributed by atoms with Crippen molar-refractivity contribution in [3.8, 4) is 11.6 Å². The van der Waals surface area contributed by atoms with E-state index in [1.54, 1.807) is 27.6 Å². The molecular formula is C19H28N6O3S. The lowest BCUT2D eigenvalue weighted by Crippen LogP contribution is -2.51. The van der Waals surface area contributed by atoms with E-state index in [0.29, 0.717) is 42.7 Å². The lowest BCUT2D eigenvalue weighted by molar-refractivity contribution is -0.141. The Bertz CT molecular complexity index is 917. The van der Waals surface area contributed by atoms with Gasteiger partial charge >= 0.3 is 0 Å². The van der Waals surface area contributed by atoms with Crippen LogP contribution >= 0.6 is 12.2 Å². The van der Waals surface area contributed by atoms with Gasteiger partial charge in [-0.25, -0.2) is 4.68 Å². The number of hydrogen-bond acceptors (Lipinski definition) is 6. The van der Waals surface area contributed by atoms with Crippen molar-refractivity contribution in [2.24, 2.45) is 11.1 Å². The van der Waals surface area contributed by atoms with Gasteiger partial charge in [0.25, 0.3) is 0 Å². The van der Waals surface area contributed by atoms with Gasteiger partial charge in [0.05, 0.1) is 12.9 Å². The van der Waals surface area contributed by atoms with Crippen molar-refractivity contribution < 1.29 is 14.0 Å². The molecule has 2 amide bonds. The van der Waals surface area contributed by atoms with Crippen molar-refractivity contribution >= 4 is 24.0 Å². The van der Waals surface area contributed by atoms with Crippen molar-refractivity contribution in [2.75, 3.05) is 26.2 Å². The van der Waals surface area contributed by atoms with Crippen LogP contribution in [0.3, 0.4) is 0 Å². The van der Waals surface area contributed by atoms with Crippen LogP contribution in [0.4, 0.5) is 0 Å². The average molecular weight is 421 g/mol. The van der Waals surface area contributed by atoms with E-state index in [0.717, 1.165) is 13.1 Å². The number of rotatable bonds is 6. The van der Waals surface area contributed by atoms with E-state index in [1.165, 1.54) is 0 Å². The number of carbonyl (C=O) groups excluding carboxylic acids is 2. The standard InChI is InChI=1S/C19H28N6O3S/c1-19(2,3)17(27)23-10-8-22(9-11-23)13-25-18(29)24(7-6-15(20)26)16(21-25)14-5-4-12-28-14/h4-5,12H,6-11,13H2,1-3H3,(H2,20,26). The molecule has 0 aliphatic carbocycles. The summed E-state index contributed by atoms with van der Waals surface area (Å²) >= 11 is 5.60. The maximum atomic E-state index is 12.5. The number of aromatic nitrogens is 3. The SMILES string of the molecule is CC(C)(C)C(=O)N1CCN(Cn2nc(-c3ccco3)n(CCC(N)=O)c2=S)CC1. The number of hydrogen-bond donors (Lipinski definition) is 1. The highest BCUT2D eigenvalue weighted by atomic mass is 32.1. The van der Waals surface area contributed by atoms with Crippen LogP contribution in [0, 0.1) is 10.2 Å². The van der Waals surface area contributed by atoms with E-state index in [2.05, 4.69) is 10.00 Å². The Morgan fingerprint density at radius 3 is 2.48 bits per heavy atom. The fraction of sp³-hybridized carbons (Fsp3) is 0.579. The predicted octanol–water partition coefficient (Wildman–Crippen LogP) is 1.70. The molecule has 3 heterocycles. The molecule has 2 N–H and O–H groups in total. The number of piperazine rings is 1. The van der Waals surface area contributed by atoms with Gasteiger partial charge in [-0.05, 0) is 24.4 Å². The van der Waals surface area contributed by atoms with Gasteiger partial charge in [0.15, 0.2) is 16.4 Å². The minimum absolute atomic E-state index is 0.168. The summed E-state index contributed by atoms with van der Waals surface area (Å²) in [7, 11) is 0. The number of carbonyl (C=O) groups is 2. The minimum atomic E-state index is -0.398. The Balaban J connectivity index is 1.73. The van der Waals surface area contributed by atoms with Crippen molar-refractivity contribution in [1.82, 2.24) is 24.1 Å². The summed E-state index contributed by atoms with van der Waals surface area (Å²) in [5, 5.41) is 4.63. The third-order valence-electron chi connectivity index (χ3n) is 4.88. The van der Waals surface area contributed by atoms with E-state index < -0.39 is 5.91 Å². The number of furan rings is 1. The fourth-order valence-corrected chi connectivity index (χ4v) is 3.58. The third kappa shape index (κ3) is 4.94. The molecule has 1 saturated heterocycles. The molecule has 10 heteroatoms. The second-order valence-electron chi connectivity index (χ2n) is 8.25. The van der Waals surface area contributed by atoms with Gasteiger partial charge in [0.2, 0.25) is 11.8 Å². The van der Waals surface area contributed by atoms with E-state index in [4.69, 9.17) is 22.4 Å². The van der Waals surface area contributed by atoms with Gasteiger partial charge in [-0.15, -0.1) is 5.10 Å². The Labute approximate surface area is 175 Å². The summed E-state index contributed by atoms with van der Waals surface area (Å²) in [6.45, 7) is 9.52. The quantitative estimate of drug-likeness (QED) is 0.714. The molecule has 1 fully saturated rings. The first-order chi connectivity index (χ1) is 13.7. The molecule has 29 heavy (non-hydrogen) atoms. The Kier molecular flexibility index (Phi) is 6.23. The second-order valence-corrected chi connectivity index (χ2v) is 8.62. The monoisotopic (exact) mass is 420 g/mol. The first-order valence-corrected chi connectivity index (χ1v) is 10.1. The lowest BCUT2D eigenvalue weighted by atomic mass is 9.94. The van der Waals surface area contributed by atoms with Gasteiger partial charge < -0.3 is 15.1 Å². The van der Waals surface area contributed by atoms with Crippen molar-refractivity contribution in [3.05, 3.63) is 23.2 Å². The molecule has 0 saturated carbocycles. The molecule has 1 aliphatic rings. The molecule has 0 bridgehead atoms. The Hall–Kier alpha value is -2.46. The zero-order chi connectivity index (χ0) is 21.2. The van der Waals surface area contributed by atoms with Crippen molar-refractivity contribution in [2.45, 2.75) is 40.4 Å². The Morgan fingerprint density at radius 1 is 1.24 bits per heavy atom. The van der Waals surface area contributed by atoms with E-state index in [1.807, 2.05) is 25.7 Å². The van der Waals surface area contributed by atoms with Crippen LogP contribution < -0.4 is 5.73 Å². The van der Waals surface area contributed by atoms with Crippen LogP contribution in [0.15, 0.2) is 22.8 Å². The van der Waals surface area contributed by atoms with Gasteiger partial charge in [-0.2, -0.15) is 0 Å². The van der Waals surface area contributed by atoms with E-state index in [9.17, 15) is 9.59 Å².